The fourth-order valence-corrected chi connectivity index (χ4v) is 4.73. The summed E-state index contributed by atoms with van der Waals surface area (Å²) in [7, 11) is 1.58. The van der Waals surface area contributed by atoms with Gasteiger partial charge in [-0.05, 0) is 67.8 Å². The molecule has 0 bridgehead atoms. The Morgan fingerprint density at radius 2 is 1.83 bits per heavy atom. The quantitative estimate of drug-likeness (QED) is 0.518. The summed E-state index contributed by atoms with van der Waals surface area (Å²) < 4.78 is 6.08. The van der Waals surface area contributed by atoms with Crippen molar-refractivity contribution in [1.29, 1.82) is 0 Å². The van der Waals surface area contributed by atoms with Crippen molar-refractivity contribution >= 4 is 49.9 Å². The monoisotopic (exact) mass is 485 g/mol. The van der Waals surface area contributed by atoms with Crippen LogP contribution >= 0.6 is 27.3 Å². The molecule has 2 aromatic carbocycles. The van der Waals surface area contributed by atoms with Crippen LogP contribution in [0.3, 0.4) is 0 Å². The first-order valence-electron chi connectivity index (χ1n) is 9.55. The number of rotatable bonds is 5. The summed E-state index contributed by atoms with van der Waals surface area (Å²) in [6, 6.07) is 14.4. The molecule has 1 aliphatic carbocycles. The van der Waals surface area contributed by atoms with Crippen molar-refractivity contribution < 1.29 is 14.3 Å². The third-order valence-electron chi connectivity index (χ3n) is 4.96. The van der Waals surface area contributed by atoms with Crippen molar-refractivity contribution in [3.8, 4) is 5.75 Å². The molecule has 30 heavy (non-hydrogen) atoms. The average Bonchev–Trinajstić information content (AvgIpc) is 3.17. The second-order valence-electron chi connectivity index (χ2n) is 6.95. The summed E-state index contributed by atoms with van der Waals surface area (Å²) in [5, 5.41) is 6.35. The van der Waals surface area contributed by atoms with Gasteiger partial charge >= 0.3 is 0 Å². The zero-order valence-electron chi connectivity index (χ0n) is 16.3. The fraction of sp³-hybridized carbons (Fsp3) is 0.227. The Hall–Kier alpha value is -2.71. The molecule has 2 N–H and O–H groups in total. The van der Waals surface area contributed by atoms with Gasteiger partial charge in [0.05, 0.1) is 18.7 Å². The Morgan fingerprint density at radius 1 is 1.10 bits per heavy atom. The second-order valence-corrected chi connectivity index (χ2v) is 8.95. The summed E-state index contributed by atoms with van der Waals surface area (Å²) >= 11 is 4.84. The number of aryl methyl sites for hydroxylation is 1. The first-order valence-corrected chi connectivity index (χ1v) is 11.2. The van der Waals surface area contributed by atoms with E-state index in [2.05, 4.69) is 31.5 Å². The lowest BCUT2D eigenvalue weighted by molar-refractivity contribution is -0.117. The van der Waals surface area contributed by atoms with Crippen LogP contribution in [0.4, 0.5) is 10.8 Å². The van der Waals surface area contributed by atoms with Gasteiger partial charge in [0.1, 0.15) is 5.75 Å². The predicted octanol–water partition coefficient (Wildman–Crippen LogP) is 5.23. The number of hydrogen-bond acceptors (Lipinski definition) is 5. The highest BCUT2D eigenvalue weighted by molar-refractivity contribution is 9.10. The molecule has 1 atom stereocenters. The van der Waals surface area contributed by atoms with E-state index in [9.17, 15) is 9.59 Å². The minimum atomic E-state index is -0.319. The molecule has 1 heterocycles. The van der Waals surface area contributed by atoms with Crippen LogP contribution in [0, 0.1) is 0 Å². The topological polar surface area (TPSA) is 80.3 Å². The third kappa shape index (κ3) is 4.55. The number of carbonyl (C=O) groups is 2. The van der Waals surface area contributed by atoms with E-state index in [1.165, 1.54) is 11.3 Å². The van der Waals surface area contributed by atoms with Gasteiger partial charge in [-0.25, -0.2) is 4.98 Å². The van der Waals surface area contributed by atoms with Crippen molar-refractivity contribution in [2.45, 2.75) is 25.2 Å². The first kappa shape index (κ1) is 20.6. The van der Waals surface area contributed by atoms with Crippen LogP contribution in [-0.2, 0) is 11.2 Å². The van der Waals surface area contributed by atoms with Crippen LogP contribution in [0.1, 0.15) is 39.7 Å². The average molecular weight is 486 g/mol. The zero-order chi connectivity index (χ0) is 21.1. The lowest BCUT2D eigenvalue weighted by Crippen LogP contribution is -2.24. The number of ether oxygens (including phenoxy) is 1. The SMILES string of the molecule is COc1ccc(C(=O)Nc2nc3c(s2)CCCC3C(=O)Nc2ccc(Br)cc2)cc1. The van der Waals surface area contributed by atoms with Crippen LogP contribution in [0.2, 0.25) is 0 Å². The van der Waals surface area contributed by atoms with Gasteiger partial charge in [-0.1, -0.05) is 15.9 Å². The van der Waals surface area contributed by atoms with Gasteiger partial charge in [-0.3, -0.25) is 14.9 Å². The number of halogens is 1. The van der Waals surface area contributed by atoms with Crippen LogP contribution in [0.25, 0.3) is 0 Å². The van der Waals surface area contributed by atoms with Gasteiger partial charge in [0.25, 0.3) is 5.91 Å². The number of aromatic nitrogens is 1. The number of fused-ring (bicyclic) bond motifs is 1. The summed E-state index contributed by atoms with van der Waals surface area (Å²) in [6.07, 6.45) is 2.53. The van der Waals surface area contributed by atoms with Crippen molar-refractivity contribution in [1.82, 2.24) is 4.98 Å². The fourth-order valence-electron chi connectivity index (χ4n) is 3.40. The molecule has 0 saturated carbocycles. The Morgan fingerprint density at radius 3 is 2.53 bits per heavy atom. The number of methoxy groups -OCH3 is 1. The van der Waals surface area contributed by atoms with Gasteiger partial charge in [0, 0.05) is 20.6 Å². The van der Waals surface area contributed by atoms with Gasteiger partial charge in [-0.2, -0.15) is 0 Å². The molecule has 6 nitrogen and oxygen atoms in total. The number of anilines is 2. The number of benzene rings is 2. The number of nitrogens with zero attached hydrogens (tertiary/aromatic N) is 1. The molecule has 0 saturated heterocycles. The standard InChI is InChI=1S/C22H20BrN3O3S/c1-29-16-11-5-13(6-12-16)20(27)26-22-25-19-17(3-2-4-18(19)30-22)21(28)24-15-9-7-14(23)8-10-15/h5-12,17H,2-4H2,1H3,(H,24,28)(H,25,26,27). The molecule has 1 aromatic heterocycles. The van der Waals surface area contributed by atoms with Crippen molar-refractivity contribution in [2.75, 3.05) is 17.7 Å². The van der Waals surface area contributed by atoms with Crippen LogP contribution < -0.4 is 15.4 Å². The van der Waals surface area contributed by atoms with E-state index in [-0.39, 0.29) is 17.7 Å². The van der Waals surface area contributed by atoms with Gasteiger partial charge in [0.15, 0.2) is 5.13 Å². The highest BCUT2D eigenvalue weighted by Gasteiger charge is 2.30. The molecule has 0 fully saturated rings. The molecule has 2 amide bonds. The van der Waals surface area contributed by atoms with Gasteiger partial charge < -0.3 is 10.1 Å². The summed E-state index contributed by atoms with van der Waals surface area (Å²) in [4.78, 5) is 31.1. The van der Waals surface area contributed by atoms with E-state index in [1.54, 1.807) is 31.4 Å². The van der Waals surface area contributed by atoms with Crippen molar-refractivity contribution in [3.63, 3.8) is 0 Å². The number of hydrogen-bond donors (Lipinski definition) is 2. The molecule has 8 heteroatoms. The summed E-state index contributed by atoms with van der Waals surface area (Å²) in [5.74, 6) is 0.0624. The number of thiazole rings is 1. The highest BCUT2D eigenvalue weighted by atomic mass is 79.9. The predicted molar refractivity (Wildman–Crippen MR) is 122 cm³/mol. The molecule has 0 spiro atoms. The van der Waals surface area contributed by atoms with Gasteiger partial charge in [0.2, 0.25) is 5.91 Å². The zero-order valence-corrected chi connectivity index (χ0v) is 18.7. The molecular formula is C22H20BrN3O3S. The van der Waals surface area contributed by atoms with E-state index in [4.69, 9.17) is 4.74 Å². The Kier molecular flexibility index (Phi) is 6.15. The number of carbonyl (C=O) groups excluding carboxylic acids is 2. The summed E-state index contributed by atoms with van der Waals surface area (Å²) in [6.45, 7) is 0. The van der Waals surface area contributed by atoms with E-state index in [1.807, 2.05) is 24.3 Å². The lowest BCUT2D eigenvalue weighted by atomic mass is 9.90. The van der Waals surface area contributed by atoms with E-state index >= 15 is 0 Å². The third-order valence-corrected chi connectivity index (χ3v) is 6.53. The maximum Gasteiger partial charge on any atom is 0.257 e. The van der Waals surface area contributed by atoms with Crippen LogP contribution in [-0.4, -0.2) is 23.9 Å². The van der Waals surface area contributed by atoms with Crippen molar-refractivity contribution in [2.24, 2.45) is 0 Å². The molecule has 3 aromatic rings. The Balaban J connectivity index is 1.48. The molecule has 4 rings (SSSR count). The number of amides is 2. The first-order chi connectivity index (χ1) is 14.5. The Labute approximate surface area is 186 Å². The van der Waals surface area contributed by atoms with Gasteiger partial charge in [-0.15, -0.1) is 11.3 Å². The molecule has 154 valence electrons. The Bertz CT molecular complexity index is 1060. The normalized spacial score (nSPS) is 15.2. The molecule has 1 unspecified atom stereocenters. The molecular weight excluding hydrogens is 466 g/mol. The lowest BCUT2D eigenvalue weighted by Gasteiger charge is -2.20. The molecule has 1 aliphatic rings. The largest absolute Gasteiger partial charge is 0.497 e. The minimum absolute atomic E-state index is 0.0726. The highest BCUT2D eigenvalue weighted by Crippen LogP contribution is 2.37. The second kappa shape index (κ2) is 8.97. The van der Waals surface area contributed by atoms with Crippen molar-refractivity contribution in [3.05, 3.63) is 69.1 Å². The van der Waals surface area contributed by atoms with E-state index < -0.39 is 0 Å². The maximum absolute atomic E-state index is 12.9. The van der Waals surface area contributed by atoms with E-state index in [0.29, 0.717) is 16.4 Å². The minimum Gasteiger partial charge on any atom is -0.497 e. The van der Waals surface area contributed by atoms with Crippen LogP contribution in [0.5, 0.6) is 5.75 Å². The number of nitrogens with one attached hydrogen (secondary N) is 2. The smallest absolute Gasteiger partial charge is 0.257 e. The van der Waals surface area contributed by atoms with E-state index in [0.717, 1.165) is 40.0 Å². The van der Waals surface area contributed by atoms with Crippen LogP contribution in [0.15, 0.2) is 53.0 Å². The molecule has 0 radical (unpaired) electrons. The molecule has 0 aliphatic heterocycles. The maximum atomic E-state index is 12.9. The summed E-state index contributed by atoms with van der Waals surface area (Å²) in [5.41, 5.74) is 2.04.